The molecule has 3 aromatic rings. The number of fused-ring (bicyclic) bond motifs is 1. The quantitative estimate of drug-likeness (QED) is 0.458. The maximum Gasteiger partial charge on any atom is 0.308 e. The van der Waals surface area contributed by atoms with Crippen LogP contribution in [0.1, 0.15) is 5.56 Å². The molecule has 0 saturated heterocycles. The van der Waals surface area contributed by atoms with Crippen LogP contribution in [-0.2, 0) is 27.8 Å². The summed E-state index contributed by atoms with van der Waals surface area (Å²) in [6, 6.07) is 12.4. The van der Waals surface area contributed by atoms with E-state index in [-0.39, 0.29) is 16.3 Å². The van der Waals surface area contributed by atoms with Gasteiger partial charge in [0.1, 0.15) is 4.90 Å². The van der Waals surface area contributed by atoms with E-state index in [9.17, 15) is 13.2 Å². The molecule has 3 rings (SSSR count). The minimum Gasteiger partial charge on any atom is -0.383 e. The monoisotopic (exact) mass is 455 g/mol. The summed E-state index contributed by atoms with van der Waals surface area (Å²) in [4.78, 5) is 12.2. The summed E-state index contributed by atoms with van der Waals surface area (Å²) >= 11 is 6.88. The third-order valence-electron chi connectivity index (χ3n) is 4.28. The van der Waals surface area contributed by atoms with E-state index in [0.29, 0.717) is 41.5 Å². The lowest BCUT2D eigenvalue weighted by Gasteiger charge is -2.09. The average Bonchev–Trinajstić information content (AvgIpc) is 3.01. The van der Waals surface area contributed by atoms with Crippen LogP contribution in [0.5, 0.6) is 0 Å². The lowest BCUT2D eigenvalue weighted by atomic mass is 10.2. The number of nitrogens with one attached hydrogen (secondary N) is 2. The number of hydrogen-bond acceptors (Lipinski definition) is 6. The van der Waals surface area contributed by atoms with Gasteiger partial charge in [-0.05, 0) is 29.8 Å². The van der Waals surface area contributed by atoms with Crippen molar-refractivity contribution >= 4 is 43.2 Å². The second-order valence-electron chi connectivity index (χ2n) is 6.32. The van der Waals surface area contributed by atoms with Crippen molar-refractivity contribution in [3.05, 3.63) is 62.7 Å². The van der Waals surface area contributed by atoms with Crippen molar-refractivity contribution in [1.82, 2.24) is 14.6 Å². The van der Waals surface area contributed by atoms with Crippen LogP contribution in [0.3, 0.4) is 0 Å². The van der Waals surface area contributed by atoms with E-state index in [1.54, 1.807) is 25.3 Å². The fourth-order valence-corrected chi connectivity index (χ4v) is 5.62. The SMILES string of the molecule is COCCn1c(=O)sc2c(S(=O)(=O)NCCNCc3cccc(Cl)c3)cccc21. The summed E-state index contributed by atoms with van der Waals surface area (Å²) in [5.74, 6) is 0. The Balaban J connectivity index is 1.66. The minimum absolute atomic E-state index is 0.114. The molecule has 156 valence electrons. The third kappa shape index (κ3) is 5.44. The Morgan fingerprint density at radius 3 is 2.72 bits per heavy atom. The van der Waals surface area contributed by atoms with Gasteiger partial charge in [-0.3, -0.25) is 9.36 Å². The van der Waals surface area contributed by atoms with Gasteiger partial charge >= 0.3 is 4.87 Å². The normalized spacial score (nSPS) is 11.9. The van der Waals surface area contributed by atoms with Crippen LogP contribution < -0.4 is 14.9 Å². The van der Waals surface area contributed by atoms with Crippen molar-refractivity contribution in [2.24, 2.45) is 0 Å². The molecule has 0 aliphatic heterocycles. The molecule has 10 heteroatoms. The molecular formula is C19H22ClN3O4S2. The predicted octanol–water partition coefficient (Wildman–Crippen LogP) is 2.43. The molecule has 0 aliphatic rings. The zero-order valence-corrected chi connectivity index (χ0v) is 18.2. The van der Waals surface area contributed by atoms with Crippen LogP contribution >= 0.6 is 22.9 Å². The van der Waals surface area contributed by atoms with E-state index in [1.165, 1.54) is 10.6 Å². The van der Waals surface area contributed by atoms with Crippen molar-refractivity contribution in [2.75, 3.05) is 26.8 Å². The summed E-state index contributed by atoms with van der Waals surface area (Å²) in [7, 11) is -2.19. The molecule has 0 aliphatic carbocycles. The fourth-order valence-electron chi connectivity index (χ4n) is 2.90. The first-order chi connectivity index (χ1) is 13.9. The number of rotatable bonds is 10. The summed E-state index contributed by atoms with van der Waals surface area (Å²) in [6.07, 6.45) is 0. The van der Waals surface area contributed by atoms with Crippen molar-refractivity contribution in [2.45, 2.75) is 18.0 Å². The molecule has 1 heterocycles. The van der Waals surface area contributed by atoms with E-state index < -0.39 is 10.0 Å². The highest BCUT2D eigenvalue weighted by Crippen LogP contribution is 2.25. The Morgan fingerprint density at radius 2 is 1.97 bits per heavy atom. The van der Waals surface area contributed by atoms with Crippen molar-refractivity contribution in [1.29, 1.82) is 0 Å². The second kappa shape index (κ2) is 9.84. The molecule has 7 nitrogen and oxygen atoms in total. The molecule has 0 unspecified atom stereocenters. The summed E-state index contributed by atoms with van der Waals surface area (Å²) in [5.41, 5.74) is 1.62. The summed E-state index contributed by atoms with van der Waals surface area (Å²) in [5, 5.41) is 3.84. The lowest BCUT2D eigenvalue weighted by Crippen LogP contribution is -2.31. The first kappa shape index (κ1) is 21.9. The molecular weight excluding hydrogens is 434 g/mol. The number of sulfonamides is 1. The number of nitrogens with zero attached hydrogens (tertiary/aromatic N) is 1. The first-order valence-corrected chi connectivity index (χ1v) is 11.7. The molecule has 0 bridgehead atoms. The third-order valence-corrected chi connectivity index (χ3v) is 7.18. The highest BCUT2D eigenvalue weighted by molar-refractivity contribution is 7.90. The smallest absolute Gasteiger partial charge is 0.308 e. The Hall–Kier alpha value is -1.75. The van der Waals surface area contributed by atoms with Gasteiger partial charge in [0, 0.05) is 31.8 Å². The maximum atomic E-state index is 12.8. The van der Waals surface area contributed by atoms with Crippen LogP contribution in [0.2, 0.25) is 5.02 Å². The molecule has 0 saturated carbocycles. The number of benzene rings is 2. The van der Waals surface area contributed by atoms with Gasteiger partial charge in [0.15, 0.2) is 0 Å². The summed E-state index contributed by atoms with van der Waals surface area (Å²) < 4.78 is 35.2. The number of halogens is 1. The molecule has 29 heavy (non-hydrogen) atoms. The Labute approximate surface area is 178 Å². The van der Waals surface area contributed by atoms with Crippen LogP contribution in [0, 0.1) is 0 Å². The van der Waals surface area contributed by atoms with Gasteiger partial charge in [0.05, 0.1) is 23.4 Å². The molecule has 0 radical (unpaired) electrons. The van der Waals surface area contributed by atoms with E-state index >= 15 is 0 Å². The van der Waals surface area contributed by atoms with Crippen LogP contribution in [-0.4, -0.2) is 39.8 Å². The number of aromatic nitrogens is 1. The lowest BCUT2D eigenvalue weighted by molar-refractivity contribution is 0.188. The zero-order chi connectivity index (χ0) is 20.9. The van der Waals surface area contributed by atoms with E-state index in [1.807, 2.05) is 18.2 Å². The predicted molar refractivity (Wildman–Crippen MR) is 116 cm³/mol. The largest absolute Gasteiger partial charge is 0.383 e. The minimum atomic E-state index is -3.75. The van der Waals surface area contributed by atoms with E-state index in [0.717, 1.165) is 16.9 Å². The first-order valence-electron chi connectivity index (χ1n) is 8.98. The Kier molecular flexibility index (Phi) is 7.44. The Bertz CT molecular complexity index is 1140. The number of methoxy groups -OCH3 is 1. The van der Waals surface area contributed by atoms with Gasteiger partial charge in [-0.25, -0.2) is 13.1 Å². The van der Waals surface area contributed by atoms with Gasteiger partial charge < -0.3 is 10.1 Å². The van der Waals surface area contributed by atoms with Crippen LogP contribution in [0.15, 0.2) is 52.2 Å². The highest BCUT2D eigenvalue weighted by atomic mass is 35.5. The highest BCUT2D eigenvalue weighted by Gasteiger charge is 2.20. The molecule has 0 amide bonds. The van der Waals surface area contributed by atoms with Gasteiger partial charge in [0.25, 0.3) is 0 Å². The Morgan fingerprint density at radius 1 is 1.17 bits per heavy atom. The average molecular weight is 456 g/mol. The van der Waals surface area contributed by atoms with E-state index in [2.05, 4.69) is 10.0 Å². The molecule has 0 fully saturated rings. The van der Waals surface area contributed by atoms with Crippen LogP contribution in [0.25, 0.3) is 10.2 Å². The fraction of sp³-hybridized carbons (Fsp3) is 0.316. The zero-order valence-electron chi connectivity index (χ0n) is 15.9. The van der Waals surface area contributed by atoms with Crippen LogP contribution in [0.4, 0.5) is 0 Å². The topological polar surface area (TPSA) is 89.4 Å². The molecule has 1 aromatic heterocycles. The number of ether oxygens (including phenoxy) is 1. The molecule has 0 atom stereocenters. The summed E-state index contributed by atoms with van der Waals surface area (Å²) in [6.45, 7) is 2.01. The van der Waals surface area contributed by atoms with Crippen molar-refractivity contribution < 1.29 is 13.2 Å². The molecule has 0 spiro atoms. The van der Waals surface area contributed by atoms with Gasteiger partial charge in [-0.2, -0.15) is 0 Å². The standard InChI is InChI=1S/C19H22ClN3O4S2/c1-27-11-10-23-16-6-3-7-17(18(16)28-19(23)24)29(25,26)22-9-8-21-13-14-4-2-5-15(20)12-14/h2-7,12,21-22H,8-11,13H2,1H3. The van der Waals surface area contributed by atoms with Gasteiger partial charge in [-0.15, -0.1) is 0 Å². The molecule has 2 aromatic carbocycles. The maximum absolute atomic E-state index is 12.8. The van der Waals surface area contributed by atoms with E-state index in [4.69, 9.17) is 16.3 Å². The van der Waals surface area contributed by atoms with Crippen molar-refractivity contribution in [3.8, 4) is 0 Å². The van der Waals surface area contributed by atoms with Gasteiger partial charge in [-0.1, -0.05) is 41.1 Å². The number of hydrogen-bond donors (Lipinski definition) is 2. The van der Waals surface area contributed by atoms with Crippen molar-refractivity contribution in [3.63, 3.8) is 0 Å². The second-order valence-corrected chi connectivity index (χ2v) is 9.45. The molecule has 2 N–H and O–H groups in total. The number of thiazole rings is 1. The van der Waals surface area contributed by atoms with Gasteiger partial charge in [0.2, 0.25) is 10.0 Å².